The molecule has 1 aromatic heterocycles. The first-order chi connectivity index (χ1) is 16.7. The SMILES string of the molecule is CN(/C=C\C(=C/C=O)CCCN1CC2(CC(Oc3ccc(Cl)c4c(=O)n(C)ncc34)C2)C1)C(F)F. The summed E-state index contributed by atoms with van der Waals surface area (Å²) in [5, 5.41) is 5.54. The maximum absolute atomic E-state index is 12.6. The van der Waals surface area contributed by atoms with Crippen molar-refractivity contribution in [3.05, 3.63) is 57.6 Å². The van der Waals surface area contributed by atoms with E-state index in [9.17, 15) is 18.4 Å². The van der Waals surface area contributed by atoms with Crippen LogP contribution in [-0.4, -0.2) is 65.2 Å². The topological polar surface area (TPSA) is 67.7 Å². The third-order valence-electron chi connectivity index (χ3n) is 6.81. The highest BCUT2D eigenvalue weighted by Gasteiger charge is 2.53. The van der Waals surface area contributed by atoms with Crippen molar-refractivity contribution in [1.82, 2.24) is 19.6 Å². The number of likely N-dealkylation sites (tertiary alicyclic amines) is 1. The molecular weight excluding hydrogens is 478 g/mol. The number of fused-ring (bicyclic) bond motifs is 1. The van der Waals surface area contributed by atoms with Crippen LogP contribution in [0.2, 0.25) is 5.02 Å². The Morgan fingerprint density at radius 2 is 2.11 bits per heavy atom. The maximum Gasteiger partial charge on any atom is 0.314 e. The van der Waals surface area contributed by atoms with E-state index in [1.807, 2.05) is 0 Å². The summed E-state index contributed by atoms with van der Waals surface area (Å²) in [6.07, 6.45) is 10.1. The van der Waals surface area contributed by atoms with Gasteiger partial charge in [-0.15, -0.1) is 0 Å². The molecule has 2 aromatic rings. The predicted molar refractivity (Wildman–Crippen MR) is 131 cm³/mol. The summed E-state index contributed by atoms with van der Waals surface area (Å²) in [4.78, 5) is 26.4. The second-order valence-corrected chi connectivity index (χ2v) is 9.91. The molecule has 35 heavy (non-hydrogen) atoms. The Kier molecular flexibility index (Phi) is 7.56. The van der Waals surface area contributed by atoms with Gasteiger partial charge in [-0.25, -0.2) is 4.68 Å². The fourth-order valence-corrected chi connectivity index (χ4v) is 5.21. The fourth-order valence-electron chi connectivity index (χ4n) is 4.96. The molecule has 0 atom stereocenters. The number of benzene rings is 1. The summed E-state index contributed by atoms with van der Waals surface area (Å²) in [5.41, 5.74) is 0.752. The molecule has 188 valence electrons. The Balaban J connectivity index is 1.24. The van der Waals surface area contributed by atoms with Crippen LogP contribution in [-0.2, 0) is 11.8 Å². The van der Waals surface area contributed by atoms with Crippen molar-refractivity contribution in [3.63, 3.8) is 0 Å². The van der Waals surface area contributed by atoms with Crippen molar-refractivity contribution in [2.75, 3.05) is 26.7 Å². The van der Waals surface area contributed by atoms with E-state index in [1.165, 1.54) is 24.0 Å². The smallest absolute Gasteiger partial charge is 0.314 e. The zero-order valence-electron chi connectivity index (χ0n) is 19.8. The molecule has 2 fully saturated rings. The molecule has 4 rings (SSSR count). The average molecular weight is 507 g/mol. The van der Waals surface area contributed by atoms with Crippen LogP contribution in [0.1, 0.15) is 25.7 Å². The maximum atomic E-state index is 12.6. The van der Waals surface area contributed by atoms with E-state index in [0.29, 0.717) is 34.3 Å². The molecule has 7 nitrogen and oxygen atoms in total. The van der Waals surface area contributed by atoms with Gasteiger partial charge >= 0.3 is 6.55 Å². The number of aromatic nitrogens is 2. The summed E-state index contributed by atoms with van der Waals surface area (Å²) in [6, 6.07) is 3.48. The Hall–Kier alpha value is -2.78. The van der Waals surface area contributed by atoms with E-state index in [1.54, 1.807) is 31.5 Å². The first-order valence-corrected chi connectivity index (χ1v) is 12.0. The number of aryl methyl sites for hydroxylation is 1. The minimum Gasteiger partial charge on any atom is -0.490 e. The third-order valence-corrected chi connectivity index (χ3v) is 7.12. The van der Waals surface area contributed by atoms with Gasteiger partial charge in [0.15, 0.2) is 0 Å². The van der Waals surface area contributed by atoms with Crippen LogP contribution < -0.4 is 10.3 Å². The molecule has 0 unspecified atom stereocenters. The van der Waals surface area contributed by atoms with Crippen molar-refractivity contribution in [2.45, 2.75) is 38.3 Å². The number of nitrogens with zero attached hydrogens (tertiary/aromatic N) is 4. The molecule has 0 bridgehead atoms. The standard InChI is InChI=1S/C25H29ClF2N4O3/c1-30(24(27)28)10-7-17(8-11-33)4-3-9-32-15-25(16-32)12-18(13-25)35-21-6-5-20(26)22-19(21)14-29-31(2)23(22)34/h5-8,10-11,14,18,24H,3-4,9,12-13,15-16H2,1-2H3/b10-7-,17-8-. The fraction of sp³-hybridized carbons (Fsp3) is 0.480. The molecule has 1 aromatic carbocycles. The van der Waals surface area contributed by atoms with Crippen LogP contribution >= 0.6 is 11.6 Å². The number of hydrogen-bond donors (Lipinski definition) is 0. The van der Waals surface area contributed by atoms with Gasteiger partial charge in [-0.1, -0.05) is 11.6 Å². The van der Waals surface area contributed by atoms with Gasteiger partial charge < -0.3 is 14.5 Å². The Labute approximate surface area is 207 Å². The zero-order chi connectivity index (χ0) is 25.2. The van der Waals surface area contributed by atoms with Crippen LogP contribution in [0.5, 0.6) is 5.75 Å². The Bertz CT molecular complexity index is 1200. The Morgan fingerprint density at radius 3 is 2.80 bits per heavy atom. The molecule has 2 aliphatic rings. The number of carbonyl (C=O) groups excluding carboxylic acids is 1. The quantitative estimate of drug-likeness (QED) is 0.210. The highest BCUT2D eigenvalue weighted by Crippen LogP contribution is 2.50. The second-order valence-electron chi connectivity index (χ2n) is 9.51. The highest BCUT2D eigenvalue weighted by molar-refractivity contribution is 6.35. The van der Waals surface area contributed by atoms with Crippen molar-refractivity contribution in [2.24, 2.45) is 12.5 Å². The summed E-state index contributed by atoms with van der Waals surface area (Å²) < 4.78 is 32.7. The van der Waals surface area contributed by atoms with Crippen molar-refractivity contribution < 1.29 is 18.3 Å². The van der Waals surface area contributed by atoms with E-state index < -0.39 is 6.55 Å². The molecule has 1 aliphatic carbocycles. The molecule has 0 amide bonds. The first-order valence-electron chi connectivity index (χ1n) is 11.6. The summed E-state index contributed by atoms with van der Waals surface area (Å²) in [7, 11) is 2.88. The number of carbonyl (C=O) groups is 1. The minimum absolute atomic E-state index is 0.0877. The van der Waals surface area contributed by atoms with E-state index in [-0.39, 0.29) is 17.1 Å². The van der Waals surface area contributed by atoms with Gasteiger partial charge in [-0.2, -0.15) is 13.9 Å². The molecule has 1 saturated heterocycles. The molecule has 1 aliphatic heterocycles. The molecule has 1 spiro atoms. The number of alkyl halides is 2. The molecule has 0 radical (unpaired) electrons. The summed E-state index contributed by atoms with van der Waals surface area (Å²) in [6.45, 7) is 0.303. The van der Waals surface area contributed by atoms with Crippen LogP contribution in [0.3, 0.4) is 0 Å². The van der Waals surface area contributed by atoms with Crippen LogP contribution in [0.25, 0.3) is 10.8 Å². The highest BCUT2D eigenvalue weighted by atomic mass is 35.5. The molecule has 2 heterocycles. The first kappa shape index (κ1) is 25.3. The Morgan fingerprint density at radius 1 is 1.37 bits per heavy atom. The van der Waals surface area contributed by atoms with Gasteiger partial charge in [0.05, 0.1) is 28.1 Å². The lowest BCUT2D eigenvalue weighted by Crippen LogP contribution is -2.64. The normalized spacial score (nSPS) is 18.3. The lowest BCUT2D eigenvalue weighted by Gasteiger charge is -2.58. The van der Waals surface area contributed by atoms with E-state index in [2.05, 4.69) is 10.00 Å². The lowest BCUT2D eigenvalue weighted by molar-refractivity contribution is -0.118. The predicted octanol–water partition coefficient (Wildman–Crippen LogP) is 4.00. The van der Waals surface area contributed by atoms with E-state index >= 15 is 0 Å². The molecule has 0 N–H and O–H groups in total. The summed E-state index contributed by atoms with van der Waals surface area (Å²) >= 11 is 6.25. The van der Waals surface area contributed by atoms with Crippen LogP contribution in [0.15, 0.2) is 47.0 Å². The van der Waals surface area contributed by atoms with Gasteiger partial charge in [-0.05, 0) is 62.1 Å². The van der Waals surface area contributed by atoms with Gasteiger partial charge in [0, 0.05) is 38.8 Å². The number of aldehydes is 1. The number of hydrogen-bond acceptors (Lipinski definition) is 6. The largest absolute Gasteiger partial charge is 0.490 e. The lowest BCUT2D eigenvalue weighted by atomic mass is 9.61. The second kappa shape index (κ2) is 10.5. The van der Waals surface area contributed by atoms with Crippen LogP contribution in [0.4, 0.5) is 8.78 Å². The number of halogens is 3. The molecule has 1 saturated carbocycles. The van der Waals surface area contributed by atoms with Crippen molar-refractivity contribution in [1.29, 1.82) is 0 Å². The van der Waals surface area contributed by atoms with Gasteiger partial charge in [0.25, 0.3) is 5.56 Å². The molecular formula is C25H29ClF2N4O3. The van der Waals surface area contributed by atoms with Crippen LogP contribution in [0, 0.1) is 5.41 Å². The van der Waals surface area contributed by atoms with Gasteiger partial charge in [0.2, 0.25) is 0 Å². The van der Waals surface area contributed by atoms with Crippen molar-refractivity contribution >= 4 is 28.7 Å². The monoisotopic (exact) mass is 506 g/mol. The average Bonchev–Trinajstić information content (AvgIpc) is 2.77. The van der Waals surface area contributed by atoms with Gasteiger partial charge in [-0.3, -0.25) is 9.59 Å². The van der Waals surface area contributed by atoms with E-state index in [0.717, 1.165) is 49.4 Å². The van der Waals surface area contributed by atoms with Crippen molar-refractivity contribution in [3.8, 4) is 5.75 Å². The minimum atomic E-state index is -2.57. The number of ether oxygens (including phenoxy) is 1. The zero-order valence-corrected chi connectivity index (χ0v) is 20.5. The number of allylic oxidation sites excluding steroid dienone is 3. The molecule has 10 heteroatoms. The summed E-state index contributed by atoms with van der Waals surface area (Å²) in [5.74, 6) is 0.630. The number of rotatable bonds is 10. The van der Waals surface area contributed by atoms with Gasteiger partial charge in [0.1, 0.15) is 12.0 Å². The van der Waals surface area contributed by atoms with E-state index in [4.69, 9.17) is 16.3 Å². The third kappa shape index (κ3) is 5.56.